The fourth-order valence-corrected chi connectivity index (χ4v) is 8.49. The van der Waals surface area contributed by atoms with Crippen molar-refractivity contribution in [3.63, 3.8) is 0 Å². The molecule has 3 aromatic heterocycles. The van der Waals surface area contributed by atoms with Gasteiger partial charge in [-0.15, -0.1) is 0 Å². The van der Waals surface area contributed by atoms with Gasteiger partial charge in [-0.3, -0.25) is 29.1 Å². The number of hydrogen-bond donors (Lipinski definition) is 2. The van der Waals surface area contributed by atoms with Crippen LogP contribution >= 0.6 is 0 Å². The number of hydrogen-bond acceptors (Lipinski definition) is 10. The van der Waals surface area contributed by atoms with Crippen LogP contribution in [-0.2, 0) is 21.4 Å². The molecule has 56 heavy (non-hydrogen) atoms. The van der Waals surface area contributed by atoms with Gasteiger partial charge in [0, 0.05) is 57.6 Å². The van der Waals surface area contributed by atoms with Gasteiger partial charge in [-0.2, -0.15) is 5.10 Å². The monoisotopic (exact) mass is 757 g/mol. The number of piperidine rings is 3. The molecule has 4 aliphatic rings. The van der Waals surface area contributed by atoms with Crippen LogP contribution in [0.15, 0.2) is 53.6 Å². The molecule has 3 saturated heterocycles. The minimum Gasteiger partial charge on any atom is -0.488 e. The van der Waals surface area contributed by atoms with Crippen molar-refractivity contribution in [3.8, 4) is 29.0 Å². The molecule has 1 unspecified atom stereocenters. The molecule has 4 fully saturated rings. The lowest BCUT2D eigenvalue weighted by Crippen LogP contribution is -2.44. The maximum Gasteiger partial charge on any atom is 0.329 e. The highest BCUT2D eigenvalue weighted by molar-refractivity contribution is 6.00. The summed E-state index contributed by atoms with van der Waals surface area (Å²) in [7, 11) is 1.69. The zero-order valence-electron chi connectivity index (χ0n) is 31.9. The van der Waals surface area contributed by atoms with Crippen molar-refractivity contribution in [3.05, 3.63) is 64.8 Å². The Hall–Kier alpha value is -5.52. The van der Waals surface area contributed by atoms with Crippen molar-refractivity contribution in [1.29, 1.82) is 0 Å². The van der Waals surface area contributed by atoms with Crippen LogP contribution in [-0.4, -0.2) is 97.0 Å². The van der Waals surface area contributed by atoms with Gasteiger partial charge < -0.3 is 19.3 Å². The lowest BCUT2D eigenvalue weighted by atomic mass is 9.95. The van der Waals surface area contributed by atoms with Crippen LogP contribution in [0.5, 0.6) is 5.75 Å². The number of benzene rings is 2. The first-order chi connectivity index (χ1) is 27.2. The normalized spacial score (nSPS) is 20.6. The Labute approximate surface area is 324 Å². The molecule has 1 saturated carbocycles. The second kappa shape index (κ2) is 14.9. The minimum absolute atomic E-state index is 0.0457. The number of ether oxygens (including phenoxy) is 2. The van der Waals surface area contributed by atoms with Crippen LogP contribution in [0.1, 0.15) is 69.9 Å². The number of fused-ring (bicyclic) bond motifs is 2. The number of anilines is 1. The van der Waals surface area contributed by atoms with E-state index in [0.29, 0.717) is 35.5 Å². The third-order valence-corrected chi connectivity index (χ3v) is 12.0. The van der Waals surface area contributed by atoms with E-state index in [2.05, 4.69) is 66.2 Å². The summed E-state index contributed by atoms with van der Waals surface area (Å²) in [6.45, 7) is 7.48. The Morgan fingerprint density at radius 1 is 0.964 bits per heavy atom. The van der Waals surface area contributed by atoms with E-state index in [4.69, 9.17) is 9.47 Å². The van der Waals surface area contributed by atoms with Gasteiger partial charge in [0.25, 0.3) is 0 Å². The lowest BCUT2D eigenvalue weighted by Gasteiger charge is -2.37. The van der Waals surface area contributed by atoms with Crippen LogP contribution in [0, 0.1) is 17.8 Å². The van der Waals surface area contributed by atoms with Crippen molar-refractivity contribution >= 4 is 39.6 Å². The number of H-pyrrole nitrogens is 1. The molecule has 3 aliphatic heterocycles. The standard InChI is InChI=1S/C42H47N9O5/c1-42(16-17-42)56-30-8-9-32-31(23-30)38(47-46-32)33-24-36(44-26-43-33)50-20-12-27(13-21-50)25-49-18-14-29(15-19-49)55-22-4-6-28-5-3-7-34-39(28)48(2)41(54)51(34)35-10-11-37(52)45-40(35)53/h3,5,7-9,23-24,26-27,29,35H,10-22,25H2,1-2H3,(H,46,47)(H,45,52,53). The van der Waals surface area contributed by atoms with E-state index in [9.17, 15) is 14.4 Å². The molecule has 5 aromatic rings. The van der Waals surface area contributed by atoms with Crippen molar-refractivity contribution in [1.82, 2.24) is 39.5 Å². The number of imidazole rings is 1. The zero-order valence-corrected chi connectivity index (χ0v) is 31.9. The largest absolute Gasteiger partial charge is 0.488 e. The van der Waals surface area contributed by atoms with Crippen molar-refractivity contribution in [2.75, 3.05) is 44.2 Å². The van der Waals surface area contributed by atoms with E-state index in [1.165, 1.54) is 9.13 Å². The average molecular weight is 758 g/mol. The molecule has 0 spiro atoms. The predicted molar refractivity (Wildman–Crippen MR) is 211 cm³/mol. The molecule has 14 nitrogen and oxygen atoms in total. The first-order valence-corrected chi connectivity index (χ1v) is 19.8. The second-order valence-corrected chi connectivity index (χ2v) is 16.0. The molecule has 9 rings (SSSR count). The molecule has 6 heterocycles. The maximum atomic E-state index is 13.2. The number of aromatic nitrogens is 6. The fourth-order valence-electron chi connectivity index (χ4n) is 8.49. The first-order valence-electron chi connectivity index (χ1n) is 19.8. The summed E-state index contributed by atoms with van der Waals surface area (Å²) >= 11 is 0. The average Bonchev–Trinajstić information content (AvgIpc) is 3.68. The van der Waals surface area contributed by atoms with Gasteiger partial charge in [-0.05, 0) is 88.1 Å². The molecule has 290 valence electrons. The summed E-state index contributed by atoms with van der Waals surface area (Å²) in [5.74, 6) is 8.04. The summed E-state index contributed by atoms with van der Waals surface area (Å²) in [4.78, 5) is 51.7. The van der Waals surface area contributed by atoms with E-state index in [1.54, 1.807) is 13.4 Å². The van der Waals surface area contributed by atoms with Gasteiger partial charge in [-0.25, -0.2) is 14.8 Å². The van der Waals surface area contributed by atoms with Gasteiger partial charge >= 0.3 is 5.69 Å². The predicted octanol–water partition coefficient (Wildman–Crippen LogP) is 4.33. The second-order valence-electron chi connectivity index (χ2n) is 16.0. The van der Waals surface area contributed by atoms with E-state index >= 15 is 0 Å². The minimum atomic E-state index is -0.729. The number of carbonyl (C=O) groups excluding carboxylic acids is 2. The summed E-state index contributed by atoms with van der Waals surface area (Å²) in [5.41, 5.74) is 4.22. The third-order valence-electron chi connectivity index (χ3n) is 12.0. The summed E-state index contributed by atoms with van der Waals surface area (Å²) in [6, 6.07) is 13.0. The highest BCUT2D eigenvalue weighted by Gasteiger charge is 2.40. The summed E-state index contributed by atoms with van der Waals surface area (Å²) in [6.07, 6.45) is 8.64. The van der Waals surface area contributed by atoms with Crippen molar-refractivity contribution < 1.29 is 19.1 Å². The maximum absolute atomic E-state index is 13.2. The van der Waals surface area contributed by atoms with Crippen LogP contribution < -0.4 is 20.6 Å². The van der Waals surface area contributed by atoms with Crippen LogP contribution in [0.3, 0.4) is 0 Å². The Morgan fingerprint density at radius 2 is 1.79 bits per heavy atom. The highest BCUT2D eigenvalue weighted by Crippen LogP contribution is 2.41. The number of likely N-dealkylation sites (tertiary alicyclic amines) is 1. The van der Waals surface area contributed by atoms with Crippen molar-refractivity contribution in [2.45, 2.75) is 76.0 Å². The van der Waals surface area contributed by atoms with Gasteiger partial charge in [-0.1, -0.05) is 17.9 Å². The number of aryl methyl sites for hydroxylation is 1. The van der Waals surface area contributed by atoms with E-state index in [0.717, 1.165) is 105 Å². The molecular weight excluding hydrogens is 711 g/mol. The number of carbonyl (C=O) groups is 2. The smallest absolute Gasteiger partial charge is 0.329 e. The molecule has 2 amide bonds. The van der Waals surface area contributed by atoms with E-state index in [1.807, 2.05) is 30.3 Å². The van der Waals surface area contributed by atoms with Crippen LogP contribution in [0.4, 0.5) is 5.82 Å². The number of amides is 2. The number of rotatable bonds is 9. The van der Waals surface area contributed by atoms with Gasteiger partial charge in [0.2, 0.25) is 11.8 Å². The quantitative estimate of drug-likeness (QED) is 0.164. The Morgan fingerprint density at radius 3 is 2.57 bits per heavy atom. The zero-order chi connectivity index (χ0) is 38.4. The van der Waals surface area contributed by atoms with E-state index < -0.39 is 11.9 Å². The molecule has 2 N–H and O–H groups in total. The number of imide groups is 1. The topological polar surface area (TPSA) is 152 Å². The number of nitrogens with zero attached hydrogens (tertiary/aromatic N) is 7. The lowest BCUT2D eigenvalue weighted by molar-refractivity contribution is -0.135. The Balaban J connectivity index is 0.750. The van der Waals surface area contributed by atoms with Gasteiger partial charge in [0.1, 0.15) is 41.8 Å². The Kier molecular flexibility index (Phi) is 9.59. The molecule has 2 aromatic carbocycles. The third kappa shape index (κ3) is 7.29. The molecule has 1 atom stereocenters. The number of para-hydroxylation sites is 1. The molecule has 1 aliphatic carbocycles. The van der Waals surface area contributed by atoms with E-state index in [-0.39, 0.29) is 29.7 Å². The van der Waals surface area contributed by atoms with Gasteiger partial charge in [0.15, 0.2) is 0 Å². The molecule has 0 radical (unpaired) electrons. The summed E-state index contributed by atoms with van der Waals surface area (Å²) in [5, 5.41) is 11.1. The van der Waals surface area contributed by atoms with Crippen LogP contribution in [0.25, 0.3) is 33.3 Å². The van der Waals surface area contributed by atoms with Crippen molar-refractivity contribution in [2.24, 2.45) is 13.0 Å². The Bertz CT molecular complexity index is 2420. The number of aromatic amines is 1. The fraction of sp³-hybridized carbons (Fsp3) is 0.476. The highest BCUT2D eigenvalue weighted by atomic mass is 16.5. The first kappa shape index (κ1) is 36.1. The molecule has 0 bridgehead atoms. The SMILES string of the molecule is Cn1c(=O)n(C2CCC(=O)NC2=O)c2cccc(C#CCOC3CCN(CC4CCN(c5cc(-c6n[nH]c7ccc(OC8(C)CC8)cc67)ncn5)CC4)CC3)c21. The molecular formula is C42H47N9O5. The molecule has 14 heteroatoms. The van der Waals surface area contributed by atoms with Gasteiger partial charge in [0.05, 0.1) is 33.9 Å². The van der Waals surface area contributed by atoms with Crippen LogP contribution in [0.2, 0.25) is 0 Å². The summed E-state index contributed by atoms with van der Waals surface area (Å²) < 4.78 is 15.4. The number of nitrogens with one attached hydrogen (secondary N) is 2.